The molecule has 20 heavy (non-hydrogen) atoms. The van der Waals surface area contributed by atoms with Crippen molar-refractivity contribution in [3.05, 3.63) is 65.7 Å². The zero-order chi connectivity index (χ0) is 14.4. The lowest BCUT2D eigenvalue weighted by Gasteiger charge is -2.20. The second kappa shape index (κ2) is 6.75. The SMILES string of the molecule is CCOC(=O)C(Nc1ccccc1)c1ccccc1C. The molecular formula is C17H19NO2. The third-order valence-electron chi connectivity index (χ3n) is 3.11. The van der Waals surface area contributed by atoms with Crippen LogP contribution in [0.25, 0.3) is 0 Å². The number of hydrogen-bond acceptors (Lipinski definition) is 3. The quantitative estimate of drug-likeness (QED) is 0.841. The minimum Gasteiger partial charge on any atom is -0.464 e. The van der Waals surface area contributed by atoms with Gasteiger partial charge in [0.05, 0.1) is 6.61 Å². The molecule has 2 aromatic rings. The first-order chi connectivity index (χ1) is 9.72. The molecule has 0 radical (unpaired) electrons. The highest BCUT2D eigenvalue weighted by Gasteiger charge is 2.23. The van der Waals surface area contributed by atoms with E-state index in [-0.39, 0.29) is 5.97 Å². The maximum atomic E-state index is 12.2. The molecule has 0 aliphatic rings. The molecule has 1 N–H and O–H groups in total. The van der Waals surface area contributed by atoms with Gasteiger partial charge in [0.2, 0.25) is 0 Å². The number of ether oxygens (including phenoxy) is 1. The molecule has 0 bridgehead atoms. The summed E-state index contributed by atoms with van der Waals surface area (Å²) in [5.74, 6) is -0.259. The van der Waals surface area contributed by atoms with Crippen molar-refractivity contribution in [1.29, 1.82) is 0 Å². The van der Waals surface area contributed by atoms with Gasteiger partial charge >= 0.3 is 5.97 Å². The summed E-state index contributed by atoms with van der Waals surface area (Å²) in [6.45, 7) is 4.18. The molecule has 1 atom stereocenters. The van der Waals surface area contributed by atoms with Crippen LogP contribution in [0.2, 0.25) is 0 Å². The summed E-state index contributed by atoms with van der Waals surface area (Å²) in [6, 6.07) is 17.0. The first kappa shape index (κ1) is 14.1. The molecule has 1 unspecified atom stereocenters. The molecule has 0 heterocycles. The normalized spacial score (nSPS) is 11.7. The zero-order valence-electron chi connectivity index (χ0n) is 11.8. The van der Waals surface area contributed by atoms with Gasteiger partial charge < -0.3 is 10.1 Å². The molecule has 0 saturated heterocycles. The highest BCUT2D eigenvalue weighted by Crippen LogP contribution is 2.23. The number of benzene rings is 2. The third-order valence-corrected chi connectivity index (χ3v) is 3.11. The number of carbonyl (C=O) groups excluding carboxylic acids is 1. The Balaban J connectivity index is 2.30. The lowest BCUT2D eigenvalue weighted by Crippen LogP contribution is -2.24. The summed E-state index contributed by atoms with van der Waals surface area (Å²) in [5, 5.41) is 3.25. The molecular weight excluding hydrogens is 250 g/mol. The molecule has 0 aliphatic heterocycles. The van der Waals surface area contributed by atoms with Gasteiger partial charge in [-0.25, -0.2) is 4.79 Å². The second-order valence-electron chi connectivity index (χ2n) is 4.55. The Bertz CT molecular complexity index is 566. The minimum absolute atomic E-state index is 0.259. The van der Waals surface area contributed by atoms with E-state index in [0.717, 1.165) is 16.8 Å². The van der Waals surface area contributed by atoms with Gasteiger partial charge in [0.15, 0.2) is 6.04 Å². The summed E-state index contributed by atoms with van der Waals surface area (Å²) >= 11 is 0. The average Bonchev–Trinajstić information content (AvgIpc) is 2.47. The van der Waals surface area contributed by atoms with E-state index in [0.29, 0.717) is 6.61 Å². The maximum Gasteiger partial charge on any atom is 0.333 e. The predicted molar refractivity (Wildman–Crippen MR) is 80.6 cm³/mol. The van der Waals surface area contributed by atoms with Crippen LogP contribution in [-0.2, 0) is 9.53 Å². The largest absolute Gasteiger partial charge is 0.464 e. The Morgan fingerprint density at radius 2 is 1.75 bits per heavy atom. The predicted octanol–water partition coefficient (Wildman–Crippen LogP) is 3.71. The van der Waals surface area contributed by atoms with E-state index in [1.807, 2.05) is 68.4 Å². The van der Waals surface area contributed by atoms with Crippen molar-refractivity contribution in [2.45, 2.75) is 19.9 Å². The molecule has 0 aromatic heterocycles. The Morgan fingerprint density at radius 1 is 1.10 bits per heavy atom. The molecule has 2 aromatic carbocycles. The molecule has 0 saturated carbocycles. The molecule has 0 amide bonds. The van der Waals surface area contributed by atoms with E-state index in [2.05, 4.69) is 5.32 Å². The van der Waals surface area contributed by atoms with Crippen molar-refractivity contribution in [3.63, 3.8) is 0 Å². The van der Waals surface area contributed by atoms with Crippen LogP contribution in [0.5, 0.6) is 0 Å². The zero-order valence-corrected chi connectivity index (χ0v) is 11.8. The molecule has 104 valence electrons. The van der Waals surface area contributed by atoms with E-state index >= 15 is 0 Å². The van der Waals surface area contributed by atoms with Gasteiger partial charge in [-0.05, 0) is 37.1 Å². The van der Waals surface area contributed by atoms with Crippen LogP contribution in [0.3, 0.4) is 0 Å². The summed E-state index contributed by atoms with van der Waals surface area (Å²) in [5.41, 5.74) is 2.90. The van der Waals surface area contributed by atoms with Crippen LogP contribution in [0.1, 0.15) is 24.1 Å². The van der Waals surface area contributed by atoms with Crippen LogP contribution < -0.4 is 5.32 Å². The first-order valence-corrected chi connectivity index (χ1v) is 6.76. The minimum atomic E-state index is -0.487. The second-order valence-corrected chi connectivity index (χ2v) is 4.55. The Kier molecular flexibility index (Phi) is 4.77. The maximum absolute atomic E-state index is 12.2. The summed E-state index contributed by atoms with van der Waals surface area (Å²) in [7, 11) is 0. The van der Waals surface area contributed by atoms with E-state index < -0.39 is 6.04 Å². The Morgan fingerprint density at radius 3 is 2.40 bits per heavy atom. The number of rotatable bonds is 5. The highest BCUT2D eigenvalue weighted by atomic mass is 16.5. The smallest absolute Gasteiger partial charge is 0.333 e. The Labute approximate surface area is 119 Å². The van der Waals surface area contributed by atoms with Gasteiger partial charge in [0.25, 0.3) is 0 Å². The lowest BCUT2D eigenvalue weighted by atomic mass is 10.0. The van der Waals surface area contributed by atoms with Crippen molar-refractivity contribution >= 4 is 11.7 Å². The van der Waals surface area contributed by atoms with Crippen molar-refractivity contribution in [2.24, 2.45) is 0 Å². The molecule has 0 spiro atoms. The molecule has 3 heteroatoms. The van der Waals surface area contributed by atoms with Crippen LogP contribution in [0, 0.1) is 6.92 Å². The van der Waals surface area contributed by atoms with E-state index in [9.17, 15) is 4.79 Å². The number of carbonyl (C=O) groups is 1. The van der Waals surface area contributed by atoms with E-state index in [1.54, 1.807) is 0 Å². The molecule has 2 rings (SSSR count). The van der Waals surface area contributed by atoms with Crippen LogP contribution in [0.15, 0.2) is 54.6 Å². The number of anilines is 1. The third kappa shape index (κ3) is 3.38. The van der Waals surface area contributed by atoms with Gasteiger partial charge in [-0.15, -0.1) is 0 Å². The monoisotopic (exact) mass is 269 g/mol. The van der Waals surface area contributed by atoms with Crippen molar-refractivity contribution in [1.82, 2.24) is 0 Å². The topological polar surface area (TPSA) is 38.3 Å². The number of esters is 1. The van der Waals surface area contributed by atoms with Gasteiger partial charge in [0.1, 0.15) is 0 Å². The highest BCUT2D eigenvalue weighted by molar-refractivity contribution is 5.81. The van der Waals surface area contributed by atoms with Crippen LogP contribution in [0.4, 0.5) is 5.69 Å². The summed E-state index contributed by atoms with van der Waals surface area (Å²) in [4.78, 5) is 12.2. The van der Waals surface area contributed by atoms with Crippen LogP contribution >= 0.6 is 0 Å². The fraction of sp³-hybridized carbons (Fsp3) is 0.235. The van der Waals surface area contributed by atoms with E-state index in [1.165, 1.54) is 0 Å². The van der Waals surface area contributed by atoms with Gasteiger partial charge in [-0.2, -0.15) is 0 Å². The van der Waals surface area contributed by atoms with Crippen LogP contribution in [-0.4, -0.2) is 12.6 Å². The number of aryl methyl sites for hydroxylation is 1. The fourth-order valence-corrected chi connectivity index (χ4v) is 2.10. The summed E-state index contributed by atoms with van der Waals surface area (Å²) < 4.78 is 5.18. The molecule has 0 fully saturated rings. The lowest BCUT2D eigenvalue weighted by molar-refractivity contribution is -0.144. The fourth-order valence-electron chi connectivity index (χ4n) is 2.10. The molecule has 0 aliphatic carbocycles. The molecule has 3 nitrogen and oxygen atoms in total. The average molecular weight is 269 g/mol. The van der Waals surface area contributed by atoms with E-state index in [4.69, 9.17) is 4.74 Å². The van der Waals surface area contributed by atoms with Gasteiger partial charge in [0, 0.05) is 5.69 Å². The number of nitrogens with one attached hydrogen (secondary N) is 1. The summed E-state index contributed by atoms with van der Waals surface area (Å²) in [6.07, 6.45) is 0. The van der Waals surface area contributed by atoms with Crippen molar-refractivity contribution in [3.8, 4) is 0 Å². The number of hydrogen-bond donors (Lipinski definition) is 1. The standard InChI is InChI=1S/C17H19NO2/c1-3-20-17(19)16(15-12-8-7-9-13(15)2)18-14-10-5-4-6-11-14/h4-12,16,18H,3H2,1-2H3. The first-order valence-electron chi connectivity index (χ1n) is 6.76. The van der Waals surface area contributed by atoms with Crippen molar-refractivity contribution < 1.29 is 9.53 Å². The van der Waals surface area contributed by atoms with Gasteiger partial charge in [-0.3, -0.25) is 0 Å². The Hall–Kier alpha value is -2.29. The number of para-hydroxylation sites is 1. The van der Waals surface area contributed by atoms with Gasteiger partial charge in [-0.1, -0.05) is 42.5 Å². The van der Waals surface area contributed by atoms with Crippen molar-refractivity contribution in [2.75, 3.05) is 11.9 Å².